The van der Waals surface area contributed by atoms with Crippen molar-refractivity contribution in [2.75, 3.05) is 50.7 Å². The average Bonchev–Trinajstić information content (AvgIpc) is 2.62. The Kier molecular flexibility index (Phi) is 4.77. The second-order valence-electron chi connectivity index (χ2n) is 5.05. The fourth-order valence-corrected chi connectivity index (χ4v) is 2.43. The third-order valence-corrected chi connectivity index (χ3v) is 3.66. The second kappa shape index (κ2) is 7.15. The summed E-state index contributed by atoms with van der Waals surface area (Å²) in [5.41, 5.74) is 0.790. The molecule has 1 N–H and O–H groups in total. The predicted molar refractivity (Wildman–Crippen MR) is 87.9 cm³/mol. The van der Waals surface area contributed by atoms with Crippen LogP contribution in [0, 0.1) is 0 Å². The molecule has 7 heteroatoms. The van der Waals surface area contributed by atoms with Gasteiger partial charge in [-0.3, -0.25) is 0 Å². The lowest BCUT2D eigenvalue weighted by atomic mass is 10.2. The van der Waals surface area contributed by atoms with Crippen molar-refractivity contribution in [3.05, 3.63) is 30.6 Å². The van der Waals surface area contributed by atoms with Gasteiger partial charge in [0.15, 0.2) is 0 Å². The molecule has 1 saturated heterocycles. The minimum Gasteiger partial charge on any atom is -0.497 e. The van der Waals surface area contributed by atoms with Crippen LogP contribution in [0.2, 0.25) is 0 Å². The van der Waals surface area contributed by atoms with Gasteiger partial charge < -0.3 is 24.4 Å². The van der Waals surface area contributed by atoms with E-state index in [1.54, 1.807) is 20.5 Å². The molecule has 1 aromatic heterocycles. The van der Waals surface area contributed by atoms with Gasteiger partial charge in [-0.25, -0.2) is 9.97 Å². The van der Waals surface area contributed by atoms with Crippen molar-refractivity contribution in [3.63, 3.8) is 0 Å². The first kappa shape index (κ1) is 15.4. The fourth-order valence-electron chi connectivity index (χ4n) is 2.43. The molecule has 1 aliphatic rings. The highest BCUT2D eigenvalue weighted by Crippen LogP contribution is 2.31. The van der Waals surface area contributed by atoms with Gasteiger partial charge in [0.05, 0.1) is 33.1 Å². The van der Waals surface area contributed by atoms with Crippen LogP contribution in [-0.4, -0.2) is 50.5 Å². The summed E-state index contributed by atoms with van der Waals surface area (Å²) in [6.45, 7) is 3.10. The molecule has 0 unspecified atom stereocenters. The highest BCUT2D eigenvalue weighted by Gasteiger charge is 2.13. The molecule has 1 aliphatic heterocycles. The third kappa shape index (κ3) is 3.62. The zero-order valence-corrected chi connectivity index (χ0v) is 13.3. The van der Waals surface area contributed by atoms with Crippen LogP contribution in [-0.2, 0) is 4.74 Å². The summed E-state index contributed by atoms with van der Waals surface area (Å²) in [6, 6.07) is 7.49. The first-order valence-electron chi connectivity index (χ1n) is 7.44. The number of aromatic nitrogens is 2. The SMILES string of the molecule is COc1ccc(OC)c(Nc2cc(N3CCOCC3)ncn2)c1. The number of ether oxygens (including phenoxy) is 3. The number of hydrogen-bond donors (Lipinski definition) is 1. The van der Waals surface area contributed by atoms with Crippen LogP contribution in [0.3, 0.4) is 0 Å². The lowest BCUT2D eigenvalue weighted by Crippen LogP contribution is -2.36. The van der Waals surface area contributed by atoms with Crippen LogP contribution in [0.1, 0.15) is 0 Å². The minimum atomic E-state index is 0.702. The van der Waals surface area contributed by atoms with E-state index < -0.39 is 0 Å². The summed E-state index contributed by atoms with van der Waals surface area (Å²) in [5.74, 6) is 3.05. The Morgan fingerprint density at radius 2 is 1.91 bits per heavy atom. The van der Waals surface area contributed by atoms with E-state index in [0.717, 1.165) is 49.3 Å². The van der Waals surface area contributed by atoms with Gasteiger partial charge in [-0.15, -0.1) is 0 Å². The molecule has 0 aliphatic carbocycles. The van der Waals surface area contributed by atoms with Crippen molar-refractivity contribution in [2.45, 2.75) is 0 Å². The number of anilines is 3. The Bertz CT molecular complexity index is 660. The van der Waals surface area contributed by atoms with Gasteiger partial charge in [-0.05, 0) is 12.1 Å². The van der Waals surface area contributed by atoms with Gasteiger partial charge in [-0.1, -0.05) is 0 Å². The van der Waals surface area contributed by atoms with Gasteiger partial charge in [0.25, 0.3) is 0 Å². The number of hydrogen-bond acceptors (Lipinski definition) is 7. The lowest BCUT2D eigenvalue weighted by Gasteiger charge is -2.27. The predicted octanol–water partition coefficient (Wildman–Crippen LogP) is 2.07. The molecule has 0 spiro atoms. The average molecular weight is 316 g/mol. The summed E-state index contributed by atoms with van der Waals surface area (Å²) in [6.07, 6.45) is 1.56. The third-order valence-electron chi connectivity index (χ3n) is 3.66. The van der Waals surface area contributed by atoms with Crippen LogP contribution in [0.15, 0.2) is 30.6 Å². The molecule has 0 amide bonds. The van der Waals surface area contributed by atoms with E-state index in [1.807, 2.05) is 24.3 Å². The fraction of sp³-hybridized carbons (Fsp3) is 0.375. The number of morpholine rings is 1. The van der Waals surface area contributed by atoms with Crippen molar-refractivity contribution in [1.29, 1.82) is 0 Å². The molecule has 122 valence electrons. The van der Waals surface area contributed by atoms with Crippen molar-refractivity contribution < 1.29 is 14.2 Å². The molecule has 1 fully saturated rings. The molecular formula is C16H20N4O3. The van der Waals surface area contributed by atoms with Gasteiger partial charge in [0, 0.05) is 25.2 Å². The molecule has 3 rings (SSSR count). The molecule has 7 nitrogen and oxygen atoms in total. The summed E-state index contributed by atoms with van der Waals surface area (Å²) in [4.78, 5) is 10.8. The molecule has 2 heterocycles. The van der Waals surface area contributed by atoms with Gasteiger partial charge >= 0.3 is 0 Å². The van der Waals surface area contributed by atoms with E-state index in [1.165, 1.54) is 0 Å². The van der Waals surface area contributed by atoms with E-state index in [0.29, 0.717) is 5.82 Å². The van der Waals surface area contributed by atoms with E-state index in [2.05, 4.69) is 20.2 Å². The highest BCUT2D eigenvalue weighted by molar-refractivity contribution is 5.67. The summed E-state index contributed by atoms with van der Waals surface area (Å²) >= 11 is 0. The van der Waals surface area contributed by atoms with Crippen molar-refractivity contribution in [1.82, 2.24) is 9.97 Å². The van der Waals surface area contributed by atoms with Gasteiger partial charge in [0.1, 0.15) is 29.5 Å². The van der Waals surface area contributed by atoms with Gasteiger partial charge in [0.2, 0.25) is 0 Å². The Hall–Kier alpha value is -2.54. The number of nitrogens with zero attached hydrogens (tertiary/aromatic N) is 3. The van der Waals surface area contributed by atoms with Crippen LogP contribution in [0.4, 0.5) is 17.3 Å². The quantitative estimate of drug-likeness (QED) is 0.905. The van der Waals surface area contributed by atoms with Crippen LogP contribution in [0.5, 0.6) is 11.5 Å². The number of benzene rings is 1. The van der Waals surface area contributed by atoms with Crippen LogP contribution >= 0.6 is 0 Å². The molecular weight excluding hydrogens is 296 g/mol. The maximum atomic E-state index is 5.38. The van der Waals surface area contributed by atoms with E-state index in [9.17, 15) is 0 Å². The Labute approximate surface area is 135 Å². The van der Waals surface area contributed by atoms with E-state index >= 15 is 0 Å². The lowest BCUT2D eigenvalue weighted by molar-refractivity contribution is 0.122. The molecule has 0 radical (unpaired) electrons. The Morgan fingerprint density at radius 1 is 1.09 bits per heavy atom. The zero-order valence-electron chi connectivity index (χ0n) is 13.3. The number of methoxy groups -OCH3 is 2. The standard InChI is InChI=1S/C16H20N4O3/c1-21-12-3-4-14(22-2)13(9-12)19-15-10-16(18-11-17-15)20-5-7-23-8-6-20/h3-4,9-11H,5-8H2,1-2H3,(H,17,18,19). The zero-order chi connectivity index (χ0) is 16.1. The van der Waals surface area contributed by atoms with E-state index in [-0.39, 0.29) is 0 Å². The molecule has 0 bridgehead atoms. The van der Waals surface area contributed by atoms with Gasteiger partial charge in [-0.2, -0.15) is 0 Å². The van der Waals surface area contributed by atoms with Crippen molar-refractivity contribution >= 4 is 17.3 Å². The topological polar surface area (TPSA) is 68.7 Å². The van der Waals surface area contributed by atoms with Crippen LogP contribution < -0.4 is 19.7 Å². The Balaban J connectivity index is 1.82. The highest BCUT2D eigenvalue weighted by atomic mass is 16.5. The molecule has 1 aromatic carbocycles. The largest absolute Gasteiger partial charge is 0.497 e. The summed E-state index contributed by atoms with van der Waals surface area (Å²) < 4.78 is 16.0. The Morgan fingerprint density at radius 3 is 2.65 bits per heavy atom. The monoisotopic (exact) mass is 316 g/mol. The smallest absolute Gasteiger partial charge is 0.142 e. The summed E-state index contributed by atoms with van der Waals surface area (Å²) in [7, 11) is 3.26. The minimum absolute atomic E-state index is 0.702. The normalized spacial score (nSPS) is 14.4. The summed E-state index contributed by atoms with van der Waals surface area (Å²) in [5, 5.41) is 3.26. The van der Waals surface area contributed by atoms with Crippen LogP contribution in [0.25, 0.3) is 0 Å². The first-order chi connectivity index (χ1) is 11.3. The number of rotatable bonds is 5. The molecule has 0 atom stereocenters. The van der Waals surface area contributed by atoms with Crippen molar-refractivity contribution in [2.24, 2.45) is 0 Å². The number of nitrogens with one attached hydrogen (secondary N) is 1. The molecule has 0 saturated carbocycles. The second-order valence-corrected chi connectivity index (χ2v) is 5.05. The maximum Gasteiger partial charge on any atom is 0.142 e. The molecule has 23 heavy (non-hydrogen) atoms. The molecule has 2 aromatic rings. The first-order valence-corrected chi connectivity index (χ1v) is 7.44. The maximum absolute atomic E-state index is 5.38. The van der Waals surface area contributed by atoms with Crippen molar-refractivity contribution in [3.8, 4) is 11.5 Å². The van der Waals surface area contributed by atoms with E-state index in [4.69, 9.17) is 14.2 Å².